The Kier molecular flexibility index (Phi) is 6.43. The van der Waals surface area contributed by atoms with Crippen LogP contribution in [-0.2, 0) is 17.7 Å². The summed E-state index contributed by atoms with van der Waals surface area (Å²) in [7, 11) is 1.69. The van der Waals surface area contributed by atoms with Crippen molar-refractivity contribution in [1.82, 2.24) is 5.32 Å². The van der Waals surface area contributed by atoms with Gasteiger partial charge in [0.15, 0.2) is 0 Å². The van der Waals surface area contributed by atoms with Crippen molar-refractivity contribution in [3.05, 3.63) is 77.9 Å². The molecule has 130 valence electrons. The van der Waals surface area contributed by atoms with E-state index in [1.807, 2.05) is 0 Å². The van der Waals surface area contributed by atoms with E-state index >= 15 is 0 Å². The van der Waals surface area contributed by atoms with Crippen molar-refractivity contribution in [2.45, 2.75) is 13.0 Å². The van der Waals surface area contributed by atoms with Crippen LogP contribution in [-0.4, -0.2) is 26.9 Å². The second-order valence-corrected chi connectivity index (χ2v) is 6.02. The van der Waals surface area contributed by atoms with Crippen LogP contribution in [0.5, 0.6) is 5.75 Å². The summed E-state index contributed by atoms with van der Waals surface area (Å²) in [5.41, 5.74) is 2.56. The van der Waals surface area contributed by atoms with Crippen molar-refractivity contribution >= 4 is 10.8 Å². The third-order valence-corrected chi connectivity index (χ3v) is 4.28. The number of hydrogen-bond acceptors (Lipinski definition) is 3. The van der Waals surface area contributed by atoms with E-state index in [-0.39, 0.29) is 0 Å². The standard InChI is InChI=1S/C22H25NO2/c1-24-15-16-25-22-12-11-19-9-5-6-10-20(19)21(22)17-23-14-13-18-7-3-2-4-8-18/h2-12,23H,13-17H2,1H3. The molecule has 3 heteroatoms. The molecular weight excluding hydrogens is 310 g/mol. The van der Waals surface area contributed by atoms with Crippen LogP contribution >= 0.6 is 0 Å². The van der Waals surface area contributed by atoms with Crippen molar-refractivity contribution in [1.29, 1.82) is 0 Å². The summed E-state index contributed by atoms with van der Waals surface area (Å²) in [4.78, 5) is 0. The van der Waals surface area contributed by atoms with Gasteiger partial charge in [0.25, 0.3) is 0 Å². The van der Waals surface area contributed by atoms with Gasteiger partial charge in [0.05, 0.1) is 6.61 Å². The fourth-order valence-electron chi connectivity index (χ4n) is 2.96. The summed E-state index contributed by atoms with van der Waals surface area (Å²) in [6.45, 7) is 2.88. The Morgan fingerprint density at radius 3 is 2.48 bits per heavy atom. The Hall–Kier alpha value is -2.36. The summed E-state index contributed by atoms with van der Waals surface area (Å²) in [5, 5.41) is 6.04. The average Bonchev–Trinajstić information content (AvgIpc) is 2.67. The van der Waals surface area contributed by atoms with E-state index in [0.717, 1.165) is 25.3 Å². The van der Waals surface area contributed by atoms with Gasteiger partial charge in [-0.1, -0.05) is 60.7 Å². The molecule has 3 aromatic rings. The predicted molar refractivity (Wildman–Crippen MR) is 103 cm³/mol. The normalized spacial score (nSPS) is 10.9. The summed E-state index contributed by atoms with van der Waals surface area (Å²) in [5.74, 6) is 0.933. The Morgan fingerprint density at radius 1 is 0.840 bits per heavy atom. The van der Waals surface area contributed by atoms with E-state index in [0.29, 0.717) is 13.2 Å². The first-order valence-corrected chi connectivity index (χ1v) is 8.75. The lowest BCUT2D eigenvalue weighted by Crippen LogP contribution is -2.18. The average molecular weight is 335 g/mol. The zero-order valence-electron chi connectivity index (χ0n) is 14.7. The first-order valence-electron chi connectivity index (χ1n) is 8.75. The molecule has 0 spiro atoms. The Bertz CT molecular complexity index is 786. The van der Waals surface area contributed by atoms with Gasteiger partial charge in [0.1, 0.15) is 12.4 Å². The molecule has 0 aliphatic carbocycles. The maximum Gasteiger partial charge on any atom is 0.124 e. The lowest BCUT2D eigenvalue weighted by molar-refractivity contribution is 0.146. The fraction of sp³-hybridized carbons (Fsp3) is 0.273. The summed E-state index contributed by atoms with van der Waals surface area (Å²) in [6, 6.07) is 23.2. The maximum atomic E-state index is 5.94. The van der Waals surface area contributed by atoms with Crippen LogP contribution in [0.2, 0.25) is 0 Å². The molecule has 0 unspecified atom stereocenters. The number of fused-ring (bicyclic) bond motifs is 1. The first-order chi connectivity index (χ1) is 12.4. The predicted octanol–water partition coefficient (Wildman–Crippen LogP) is 4.20. The molecule has 0 heterocycles. The van der Waals surface area contributed by atoms with Crippen LogP contribution in [0.4, 0.5) is 0 Å². The van der Waals surface area contributed by atoms with E-state index in [4.69, 9.17) is 9.47 Å². The van der Waals surface area contributed by atoms with Crippen molar-refractivity contribution in [3.8, 4) is 5.75 Å². The third kappa shape index (κ3) is 4.81. The molecule has 1 N–H and O–H groups in total. The zero-order chi connectivity index (χ0) is 17.3. The molecule has 0 fully saturated rings. The second-order valence-electron chi connectivity index (χ2n) is 6.02. The molecule has 0 atom stereocenters. The molecule has 0 bridgehead atoms. The maximum absolute atomic E-state index is 5.94. The van der Waals surface area contributed by atoms with Gasteiger partial charge in [-0.3, -0.25) is 0 Å². The molecule has 0 radical (unpaired) electrons. The summed E-state index contributed by atoms with van der Waals surface area (Å²) in [6.07, 6.45) is 1.02. The Labute approximate surface area is 149 Å². The van der Waals surface area contributed by atoms with Crippen LogP contribution in [0.25, 0.3) is 10.8 Å². The number of benzene rings is 3. The SMILES string of the molecule is COCCOc1ccc2ccccc2c1CNCCc1ccccc1. The minimum absolute atomic E-state index is 0.561. The van der Waals surface area contributed by atoms with Crippen molar-refractivity contribution in [2.24, 2.45) is 0 Å². The van der Waals surface area contributed by atoms with E-state index in [1.54, 1.807) is 7.11 Å². The minimum Gasteiger partial charge on any atom is -0.491 e. The van der Waals surface area contributed by atoms with Gasteiger partial charge < -0.3 is 14.8 Å². The monoisotopic (exact) mass is 335 g/mol. The van der Waals surface area contributed by atoms with Gasteiger partial charge in [-0.15, -0.1) is 0 Å². The van der Waals surface area contributed by atoms with Crippen LogP contribution in [0.15, 0.2) is 66.7 Å². The third-order valence-electron chi connectivity index (χ3n) is 4.28. The quantitative estimate of drug-likeness (QED) is 0.595. The topological polar surface area (TPSA) is 30.5 Å². The molecule has 0 aliphatic heterocycles. The second kappa shape index (κ2) is 9.21. The van der Waals surface area contributed by atoms with Crippen LogP contribution in [0, 0.1) is 0 Å². The molecule has 3 aromatic carbocycles. The molecule has 3 nitrogen and oxygen atoms in total. The lowest BCUT2D eigenvalue weighted by atomic mass is 10.0. The Balaban J connectivity index is 1.69. The highest BCUT2D eigenvalue weighted by atomic mass is 16.5. The molecule has 0 aliphatic rings. The highest BCUT2D eigenvalue weighted by molar-refractivity contribution is 5.87. The fourth-order valence-corrected chi connectivity index (χ4v) is 2.96. The van der Waals surface area contributed by atoms with E-state index in [1.165, 1.54) is 21.9 Å². The molecule has 0 saturated carbocycles. The van der Waals surface area contributed by atoms with Gasteiger partial charge in [-0.25, -0.2) is 0 Å². The number of methoxy groups -OCH3 is 1. The largest absolute Gasteiger partial charge is 0.491 e. The van der Waals surface area contributed by atoms with Gasteiger partial charge in [0.2, 0.25) is 0 Å². The smallest absolute Gasteiger partial charge is 0.124 e. The summed E-state index contributed by atoms with van der Waals surface area (Å²) < 4.78 is 11.0. The van der Waals surface area contributed by atoms with E-state index < -0.39 is 0 Å². The highest BCUT2D eigenvalue weighted by Gasteiger charge is 2.08. The van der Waals surface area contributed by atoms with Crippen molar-refractivity contribution in [2.75, 3.05) is 26.9 Å². The van der Waals surface area contributed by atoms with Crippen molar-refractivity contribution < 1.29 is 9.47 Å². The number of rotatable bonds is 9. The van der Waals surface area contributed by atoms with Crippen LogP contribution < -0.4 is 10.1 Å². The number of nitrogens with one attached hydrogen (secondary N) is 1. The molecular formula is C22H25NO2. The zero-order valence-corrected chi connectivity index (χ0v) is 14.7. The molecule has 0 amide bonds. The number of hydrogen-bond donors (Lipinski definition) is 1. The summed E-state index contributed by atoms with van der Waals surface area (Å²) >= 11 is 0. The molecule has 0 saturated heterocycles. The van der Waals surface area contributed by atoms with Gasteiger partial charge >= 0.3 is 0 Å². The van der Waals surface area contributed by atoms with E-state index in [9.17, 15) is 0 Å². The molecule has 3 rings (SSSR count). The minimum atomic E-state index is 0.561. The van der Waals surface area contributed by atoms with Gasteiger partial charge in [-0.05, 0) is 35.4 Å². The van der Waals surface area contributed by atoms with Gasteiger partial charge in [0, 0.05) is 19.2 Å². The molecule has 25 heavy (non-hydrogen) atoms. The highest BCUT2D eigenvalue weighted by Crippen LogP contribution is 2.28. The van der Waals surface area contributed by atoms with Crippen LogP contribution in [0.1, 0.15) is 11.1 Å². The Morgan fingerprint density at radius 2 is 1.64 bits per heavy atom. The first kappa shape index (κ1) is 17.5. The van der Waals surface area contributed by atoms with Crippen LogP contribution in [0.3, 0.4) is 0 Å². The lowest BCUT2D eigenvalue weighted by Gasteiger charge is -2.15. The number of ether oxygens (including phenoxy) is 2. The van der Waals surface area contributed by atoms with Crippen molar-refractivity contribution in [3.63, 3.8) is 0 Å². The molecule has 0 aromatic heterocycles. The van der Waals surface area contributed by atoms with Gasteiger partial charge in [-0.2, -0.15) is 0 Å². The van der Waals surface area contributed by atoms with E-state index in [2.05, 4.69) is 72.0 Å².